The summed E-state index contributed by atoms with van der Waals surface area (Å²) in [6.45, 7) is 11.5. The monoisotopic (exact) mass is 301 g/mol. The highest BCUT2D eigenvalue weighted by molar-refractivity contribution is 7.99. The zero-order chi connectivity index (χ0) is 15.0. The van der Waals surface area contributed by atoms with E-state index in [1.54, 1.807) is 7.11 Å². The van der Waals surface area contributed by atoms with Gasteiger partial charge in [-0.25, -0.2) is 0 Å². The molecule has 0 amide bonds. The van der Waals surface area contributed by atoms with Gasteiger partial charge in [0.05, 0.1) is 0 Å². The smallest absolute Gasteiger partial charge is 0.0470 e. The van der Waals surface area contributed by atoms with E-state index in [1.807, 2.05) is 0 Å². The standard InChI is InChI=1S/C17H35NOS/c1-6-10-18-15-9-8-14(17(2,3)4)13-16(15)20-12-7-11-19-5/h14-16,18H,6-13H2,1-5H3. The van der Waals surface area contributed by atoms with Crippen molar-refractivity contribution in [2.45, 2.75) is 71.1 Å². The van der Waals surface area contributed by atoms with Crippen LogP contribution < -0.4 is 5.32 Å². The quantitative estimate of drug-likeness (QED) is 0.674. The number of ether oxygens (including phenoxy) is 1. The number of nitrogens with one attached hydrogen (secondary N) is 1. The van der Waals surface area contributed by atoms with Crippen molar-refractivity contribution in [3.63, 3.8) is 0 Å². The van der Waals surface area contributed by atoms with E-state index in [0.29, 0.717) is 5.41 Å². The van der Waals surface area contributed by atoms with E-state index >= 15 is 0 Å². The molecule has 1 saturated carbocycles. The molecule has 0 aromatic heterocycles. The molecule has 1 N–H and O–H groups in total. The highest BCUT2D eigenvalue weighted by atomic mass is 32.2. The van der Waals surface area contributed by atoms with Gasteiger partial charge in [0.25, 0.3) is 0 Å². The number of thioether (sulfide) groups is 1. The molecule has 0 saturated heterocycles. The average molecular weight is 302 g/mol. The van der Waals surface area contributed by atoms with Gasteiger partial charge in [0.1, 0.15) is 0 Å². The fourth-order valence-corrected chi connectivity index (χ4v) is 4.52. The van der Waals surface area contributed by atoms with Gasteiger partial charge in [0.2, 0.25) is 0 Å². The second kappa shape index (κ2) is 9.32. The van der Waals surface area contributed by atoms with Gasteiger partial charge in [-0.15, -0.1) is 0 Å². The summed E-state index contributed by atoms with van der Waals surface area (Å²) in [4.78, 5) is 0. The lowest BCUT2D eigenvalue weighted by Crippen LogP contribution is -2.45. The van der Waals surface area contributed by atoms with Crippen molar-refractivity contribution in [2.75, 3.05) is 26.0 Å². The molecule has 20 heavy (non-hydrogen) atoms. The van der Waals surface area contributed by atoms with Crippen molar-refractivity contribution in [1.82, 2.24) is 5.32 Å². The van der Waals surface area contributed by atoms with Crippen LogP contribution in [0.4, 0.5) is 0 Å². The van der Waals surface area contributed by atoms with Crippen LogP contribution in [0.15, 0.2) is 0 Å². The lowest BCUT2D eigenvalue weighted by atomic mass is 9.71. The Kier molecular flexibility index (Phi) is 8.54. The topological polar surface area (TPSA) is 21.3 Å². The molecule has 0 bridgehead atoms. The van der Waals surface area contributed by atoms with Crippen LogP contribution in [0.5, 0.6) is 0 Å². The number of rotatable bonds is 8. The second-order valence-electron chi connectivity index (χ2n) is 7.19. The highest BCUT2D eigenvalue weighted by Gasteiger charge is 2.35. The van der Waals surface area contributed by atoms with Gasteiger partial charge in [0.15, 0.2) is 0 Å². The summed E-state index contributed by atoms with van der Waals surface area (Å²) in [6, 6.07) is 0.723. The van der Waals surface area contributed by atoms with Crippen LogP contribution in [0, 0.1) is 11.3 Å². The number of methoxy groups -OCH3 is 1. The molecule has 1 rings (SSSR count). The summed E-state index contributed by atoms with van der Waals surface area (Å²) in [5.41, 5.74) is 0.459. The Labute approximate surface area is 130 Å². The lowest BCUT2D eigenvalue weighted by Gasteiger charge is -2.42. The minimum absolute atomic E-state index is 0.459. The molecule has 0 aromatic rings. The van der Waals surface area contributed by atoms with Crippen molar-refractivity contribution >= 4 is 11.8 Å². The molecule has 0 spiro atoms. The first-order valence-corrected chi connectivity index (χ1v) is 9.37. The summed E-state index contributed by atoms with van der Waals surface area (Å²) in [7, 11) is 1.80. The van der Waals surface area contributed by atoms with E-state index in [4.69, 9.17) is 4.74 Å². The minimum atomic E-state index is 0.459. The van der Waals surface area contributed by atoms with Crippen molar-refractivity contribution < 1.29 is 4.74 Å². The van der Waals surface area contributed by atoms with Crippen LogP contribution in [0.25, 0.3) is 0 Å². The third kappa shape index (κ3) is 6.36. The molecule has 0 aromatic carbocycles. The lowest BCUT2D eigenvalue weighted by molar-refractivity contribution is 0.164. The maximum absolute atomic E-state index is 5.17. The van der Waals surface area contributed by atoms with Gasteiger partial charge in [-0.05, 0) is 55.7 Å². The molecule has 3 atom stereocenters. The summed E-state index contributed by atoms with van der Waals surface area (Å²) < 4.78 is 5.17. The maximum Gasteiger partial charge on any atom is 0.0470 e. The molecule has 0 aliphatic heterocycles. The molecule has 2 nitrogen and oxygen atoms in total. The Balaban J connectivity index is 2.49. The zero-order valence-corrected chi connectivity index (χ0v) is 15.0. The van der Waals surface area contributed by atoms with Gasteiger partial charge in [-0.2, -0.15) is 11.8 Å². The first-order valence-electron chi connectivity index (χ1n) is 8.33. The van der Waals surface area contributed by atoms with Crippen molar-refractivity contribution in [1.29, 1.82) is 0 Å². The first-order chi connectivity index (χ1) is 9.49. The molecule has 0 radical (unpaired) electrons. The van der Waals surface area contributed by atoms with Crippen molar-refractivity contribution in [2.24, 2.45) is 11.3 Å². The predicted octanol–water partition coefficient (Wildman–Crippen LogP) is 4.34. The third-order valence-corrected chi connectivity index (χ3v) is 5.97. The SMILES string of the molecule is CCCNC1CCC(C(C)(C)C)CC1SCCCOC. The third-order valence-electron chi connectivity index (χ3n) is 4.50. The van der Waals surface area contributed by atoms with E-state index in [-0.39, 0.29) is 0 Å². The Morgan fingerprint density at radius 3 is 2.60 bits per heavy atom. The predicted molar refractivity (Wildman–Crippen MR) is 91.6 cm³/mol. The largest absolute Gasteiger partial charge is 0.385 e. The molecule has 120 valence electrons. The van der Waals surface area contributed by atoms with E-state index in [1.165, 1.54) is 44.4 Å². The highest BCUT2D eigenvalue weighted by Crippen LogP contribution is 2.41. The summed E-state index contributed by atoms with van der Waals surface area (Å²) in [5.74, 6) is 2.11. The van der Waals surface area contributed by atoms with Crippen LogP contribution in [0.2, 0.25) is 0 Å². The van der Waals surface area contributed by atoms with Crippen LogP contribution in [-0.2, 0) is 4.74 Å². The van der Waals surface area contributed by atoms with Crippen LogP contribution in [0.3, 0.4) is 0 Å². The molecular weight excluding hydrogens is 266 g/mol. The number of hydrogen-bond donors (Lipinski definition) is 1. The second-order valence-corrected chi connectivity index (χ2v) is 8.54. The molecular formula is C17H35NOS. The fourth-order valence-electron chi connectivity index (χ4n) is 3.10. The van der Waals surface area contributed by atoms with Gasteiger partial charge < -0.3 is 10.1 Å². The van der Waals surface area contributed by atoms with Crippen LogP contribution in [-0.4, -0.2) is 37.3 Å². The summed E-state index contributed by atoms with van der Waals surface area (Å²) in [6.07, 6.45) is 6.53. The normalized spacial score (nSPS) is 27.8. The first kappa shape index (κ1) is 18.3. The van der Waals surface area contributed by atoms with Crippen LogP contribution in [0.1, 0.15) is 59.8 Å². The molecule has 3 unspecified atom stereocenters. The van der Waals surface area contributed by atoms with Gasteiger partial charge in [-0.1, -0.05) is 27.7 Å². The number of hydrogen-bond acceptors (Lipinski definition) is 3. The zero-order valence-electron chi connectivity index (χ0n) is 14.2. The maximum atomic E-state index is 5.17. The van der Waals surface area contributed by atoms with Gasteiger partial charge >= 0.3 is 0 Å². The van der Waals surface area contributed by atoms with Crippen molar-refractivity contribution in [3.8, 4) is 0 Å². The Morgan fingerprint density at radius 1 is 1.25 bits per heavy atom. The molecule has 0 heterocycles. The van der Waals surface area contributed by atoms with Crippen molar-refractivity contribution in [3.05, 3.63) is 0 Å². The fraction of sp³-hybridized carbons (Fsp3) is 1.00. The Morgan fingerprint density at radius 2 is 2.00 bits per heavy atom. The minimum Gasteiger partial charge on any atom is -0.385 e. The Bertz CT molecular complexity index is 252. The van der Waals surface area contributed by atoms with Crippen LogP contribution >= 0.6 is 11.8 Å². The average Bonchev–Trinajstić information content (AvgIpc) is 2.41. The van der Waals surface area contributed by atoms with Gasteiger partial charge in [-0.3, -0.25) is 0 Å². The van der Waals surface area contributed by atoms with Gasteiger partial charge in [0, 0.05) is 25.0 Å². The Hall–Kier alpha value is 0.270. The van der Waals surface area contributed by atoms with E-state index in [9.17, 15) is 0 Å². The summed E-state index contributed by atoms with van der Waals surface area (Å²) >= 11 is 2.17. The van der Waals surface area contributed by atoms with E-state index in [0.717, 1.165) is 23.8 Å². The van der Waals surface area contributed by atoms with E-state index < -0.39 is 0 Å². The molecule has 1 aliphatic carbocycles. The van der Waals surface area contributed by atoms with E-state index in [2.05, 4.69) is 44.8 Å². The molecule has 1 aliphatic rings. The summed E-state index contributed by atoms with van der Waals surface area (Å²) in [5, 5.41) is 4.57. The molecule has 1 fully saturated rings. The molecule has 3 heteroatoms.